The molecule has 5 heteroatoms. The molecule has 3 aliphatic rings. The fourth-order valence-corrected chi connectivity index (χ4v) is 4.65. The zero-order chi connectivity index (χ0) is 16.1. The van der Waals surface area contributed by atoms with Crippen LogP contribution in [0.3, 0.4) is 0 Å². The molecule has 2 saturated heterocycles. The fraction of sp³-hybridized carbons (Fsp3) is 0.474. The molecular formula is C19H23N5. The summed E-state index contributed by atoms with van der Waals surface area (Å²) in [5.41, 5.74) is 10.0. The van der Waals surface area contributed by atoms with E-state index in [4.69, 9.17) is 5.73 Å². The van der Waals surface area contributed by atoms with Crippen LogP contribution in [-0.2, 0) is 12.8 Å². The Balaban J connectivity index is 1.41. The fourth-order valence-electron chi connectivity index (χ4n) is 4.65. The van der Waals surface area contributed by atoms with E-state index in [0.717, 1.165) is 62.4 Å². The molecule has 2 unspecified atom stereocenters. The highest BCUT2D eigenvalue weighted by atomic mass is 15.2. The Morgan fingerprint density at radius 3 is 2.33 bits per heavy atom. The maximum absolute atomic E-state index is 6.05. The standard InChI is InChI=1S/C19H23N5/c20-19-22-17(14-5-12-3-1-2-4-13(12)6-14)7-18(23-19)24-10-15-8-21-9-16(15)11-24/h1-4,7,14-16,21H,5-6,8-11H2,(H2,20,22,23). The van der Waals surface area contributed by atoms with Gasteiger partial charge >= 0.3 is 0 Å². The van der Waals surface area contributed by atoms with Crippen LogP contribution in [-0.4, -0.2) is 36.1 Å². The van der Waals surface area contributed by atoms with Crippen molar-refractivity contribution in [3.8, 4) is 0 Å². The van der Waals surface area contributed by atoms with Gasteiger partial charge in [-0.15, -0.1) is 0 Å². The second kappa shape index (κ2) is 5.45. The first-order valence-corrected chi connectivity index (χ1v) is 8.93. The van der Waals surface area contributed by atoms with E-state index >= 15 is 0 Å². The average Bonchev–Trinajstić information content (AvgIpc) is 3.27. The molecule has 0 radical (unpaired) electrons. The number of nitrogens with one attached hydrogen (secondary N) is 1. The van der Waals surface area contributed by atoms with E-state index in [1.165, 1.54) is 11.1 Å². The highest BCUT2D eigenvalue weighted by Gasteiger charge is 2.37. The molecule has 1 aromatic heterocycles. The van der Waals surface area contributed by atoms with Gasteiger partial charge in [-0.2, -0.15) is 4.98 Å². The van der Waals surface area contributed by atoms with E-state index in [1.807, 2.05) is 0 Å². The van der Waals surface area contributed by atoms with Crippen LogP contribution in [0.1, 0.15) is 22.7 Å². The number of rotatable bonds is 2. The lowest BCUT2D eigenvalue weighted by molar-refractivity contribution is 0.533. The minimum atomic E-state index is 0.411. The molecule has 3 N–H and O–H groups in total. The predicted molar refractivity (Wildman–Crippen MR) is 95.1 cm³/mol. The summed E-state index contributed by atoms with van der Waals surface area (Å²) < 4.78 is 0. The summed E-state index contributed by atoms with van der Waals surface area (Å²) in [6.07, 6.45) is 2.11. The summed E-state index contributed by atoms with van der Waals surface area (Å²) in [5.74, 6) is 3.35. The third kappa shape index (κ3) is 2.35. The molecule has 2 atom stereocenters. The number of nitrogens with two attached hydrogens (primary N) is 1. The van der Waals surface area contributed by atoms with Gasteiger partial charge in [0.15, 0.2) is 0 Å². The van der Waals surface area contributed by atoms with Gasteiger partial charge in [0.05, 0.1) is 5.69 Å². The molecule has 2 aliphatic heterocycles. The zero-order valence-electron chi connectivity index (χ0n) is 13.8. The summed E-state index contributed by atoms with van der Waals surface area (Å²) in [6, 6.07) is 10.9. The monoisotopic (exact) mass is 321 g/mol. The van der Waals surface area contributed by atoms with Crippen molar-refractivity contribution in [2.75, 3.05) is 36.8 Å². The van der Waals surface area contributed by atoms with Crippen LogP contribution in [0.5, 0.6) is 0 Å². The first-order valence-electron chi connectivity index (χ1n) is 8.93. The van der Waals surface area contributed by atoms with Crippen LogP contribution >= 0.6 is 0 Å². The lowest BCUT2D eigenvalue weighted by Crippen LogP contribution is -2.26. The summed E-state index contributed by atoms with van der Waals surface area (Å²) >= 11 is 0. The van der Waals surface area contributed by atoms with Gasteiger partial charge in [0.1, 0.15) is 5.82 Å². The van der Waals surface area contributed by atoms with Crippen molar-refractivity contribution in [1.29, 1.82) is 0 Å². The van der Waals surface area contributed by atoms with Crippen LogP contribution < -0.4 is 16.0 Å². The molecule has 0 spiro atoms. The third-order valence-corrected chi connectivity index (χ3v) is 5.93. The van der Waals surface area contributed by atoms with Gasteiger partial charge in [-0.1, -0.05) is 24.3 Å². The SMILES string of the molecule is Nc1nc(C2Cc3ccccc3C2)cc(N2CC3CNCC3C2)n1. The van der Waals surface area contributed by atoms with Crippen LogP contribution in [0.15, 0.2) is 30.3 Å². The van der Waals surface area contributed by atoms with Gasteiger partial charge in [0.25, 0.3) is 0 Å². The largest absolute Gasteiger partial charge is 0.368 e. The number of fused-ring (bicyclic) bond motifs is 2. The van der Waals surface area contributed by atoms with Gasteiger partial charge in [-0.05, 0) is 35.8 Å². The molecule has 5 nitrogen and oxygen atoms in total. The van der Waals surface area contributed by atoms with E-state index in [2.05, 4.69) is 50.5 Å². The number of nitrogen functional groups attached to an aromatic ring is 1. The second-order valence-corrected chi connectivity index (χ2v) is 7.47. The van der Waals surface area contributed by atoms with E-state index < -0.39 is 0 Å². The Morgan fingerprint density at radius 2 is 1.67 bits per heavy atom. The van der Waals surface area contributed by atoms with E-state index in [-0.39, 0.29) is 0 Å². The number of nitrogens with zero attached hydrogens (tertiary/aromatic N) is 3. The van der Waals surface area contributed by atoms with Gasteiger partial charge in [0.2, 0.25) is 5.95 Å². The Bertz CT molecular complexity index is 737. The summed E-state index contributed by atoms with van der Waals surface area (Å²) in [5, 5.41) is 3.49. The highest BCUT2D eigenvalue weighted by molar-refractivity contribution is 5.47. The minimum absolute atomic E-state index is 0.411. The number of anilines is 2. The molecular weight excluding hydrogens is 298 g/mol. The molecule has 5 rings (SSSR count). The summed E-state index contributed by atoms with van der Waals surface area (Å²) in [7, 11) is 0. The molecule has 1 aliphatic carbocycles. The normalized spacial score (nSPS) is 25.9. The van der Waals surface area contributed by atoms with Crippen molar-refractivity contribution in [3.63, 3.8) is 0 Å². The third-order valence-electron chi connectivity index (χ3n) is 5.93. The number of hydrogen-bond donors (Lipinski definition) is 2. The van der Waals surface area contributed by atoms with Crippen molar-refractivity contribution in [1.82, 2.24) is 15.3 Å². The minimum Gasteiger partial charge on any atom is -0.368 e. The predicted octanol–water partition coefficient (Wildman–Crippen LogP) is 1.60. The molecule has 2 aromatic rings. The Kier molecular flexibility index (Phi) is 3.23. The Hall–Kier alpha value is -2.14. The summed E-state index contributed by atoms with van der Waals surface area (Å²) in [6.45, 7) is 4.43. The number of aromatic nitrogens is 2. The van der Waals surface area contributed by atoms with Gasteiger partial charge in [-0.3, -0.25) is 0 Å². The maximum Gasteiger partial charge on any atom is 0.222 e. The van der Waals surface area contributed by atoms with Gasteiger partial charge in [-0.25, -0.2) is 4.98 Å². The van der Waals surface area contributed by atoms with Crippen molar-refractivity contribution >= 4 is 11.8 Å². The molecule has 3 heterocycles. The average molecular weight is 321 g/mol. The van der Waals surface area contributed by atoms with Gasteiger partial charge < -0.3 is 16.0 Å². The van der Waals surface area contributed by atoms with E-state index in [1.54, 1.807) is 0 Å². The quantitative estimate of drug-likeness (QED) is 0.879. The lowest BCUT2D eigenvalue weighted by atomic mass is 10.0. The molecule has 0 bridgehead atoms. The van der Waals surface area contributed by atoms with Crippen LogP contribution in [0.4, 0.5) is 11.8 Å². The second-order valence-electron chi connectivity index (χ2n) is 7.47. The molecule has 1 aromatic carbocycles. The van der Waals surface area contributed by atoms with Crippen molar-refractivity contribution < 1.29 is 0 Å². The first kappa shape index (κ1) is 14.2. The number of hydrogen-bond acceptors (Lipinski definition) is 5. The van der Waals surface area contributed by atoms with E-state index in [9.17, 15) is 0 Å². The molecule has 2 fully saturated rings. The van der Waals surface area contributed by atoms with E-state index in [0.29, 0.717) is 11.9 Å². The smallest absolute Gasteiger partial charge is 0.222 e. The zero-order valence-corrected chi connectivity index (χ0v) is 13.8. The molecule has 0 amide bonds. The summed E-state index contributed by atoms with van der Waals surface area (Å²) in [4.78, 5) is 11.5. The Morgan fingerprint density at radius 1 is 1.00 bits per heavy atom. The van der Waals surface area contributed by atoms with Crippen molar-refractivity contribution in [3.05, 3.63) is 47.2 Å². The topological polar surface area (TPSA) is 67.1 Å². The first-order chi connectivity index (χ1) is 11.8. The molecule has 0 saturated carbocycles. The molecule has 124 valence electrons. The Labute approximate surface area is 142 Å². The van der Waals surface area contributed by atoms with Crippen molar-refractivity contribution in [2.24, 2.45) is 11.8 Å². The van der Waals surface area contributed by atoms with Crippen LogP contribution in [0.25, 0.3) is 0 Å². The number of benzene rings is 1. The van der Waals surface area contributed by atoms with Crippen molar-refractivity contribution in [2.45, 2.75) is 18.8 Å². The van der Waals surface area contributed by atoms with Crippen LogP contribution in [0.2, 0.25) is 0 Å². The van der Waals surface area contributed by atoms with Gasteiger partial charge in [0, 0.05) is 38.2 Å². The lowest BCUT2D eigenvalue weighted by Gasteiger charge is -2.20. The molecule has 24 heavy (non-hydrogen) atoms. The maximum atomic E-state index is 6.05. The van der Waals surface area contributed by atoms with Crippen LogP contribution in [0, 0.1) is 11.8 Å². The highest BCUT2D eigenvalue weighted by Crippen LogP contribution is 2.35.